The van der Waals surface area contributed by atoms with Gasteiger partial charge < -0.3 is 20.7 Å². The van der Waals surface area contributed by atoms with Gasteiger partial charge in [-0.25, -0.2) is 0 Å². The molecule has 6 nitrogen and oxygen atoms in total. The summed E-state index contributed by atoms with van der Waals surface area (Å²) in [7, 11) is 0. The van der Waals surface area contributed by atoms with Crippen LogP contribution in [0.15, 0.2) is 4.99 Å². The Morgan fingerprint density at radius 1 is 1.35 bits per heavy atom. The van der Waals surface area contributed by atoms with E-state index in [9.17, 15) is 4.79 Å². The molecule has 0 aromatic heterocycles. The van der Waals surface area contributed by atoms with Gasteiger partial charge in [-0.3, -0.25) is 9.79 Å². The van der Waals surface area contributed by atoms with Crippen LogP contribution >= 0.6 is 0 Å². The van der Waals surface area contributed by atoms with Crippen molar-refractivity contribution in [3.05, 3.63) is 0 Å². The lowest BCUT2D eigenvalue weighted by molar-refractivity contribution is -0.119. The van der Waals surface area contributed by atoms with E-state index in [-0.39, 0.29) is 5.91 Å². The molecule has 1 aliphatic heterocycles. The molecule has 1 fully saturated rings. The van der Waals surface area contributed by atoms with Crippen molar-refractivity contribution in [1.29, 1.82) is 0 Å². The third-order valence-electron chi connectivity index (χ3n) is 3.99. The number of aliphatic imine (C=N–C) groups is 1. The lowest BCUT2D eigenvalue weighted by Crippen LogP contribution is -2.47. The number of hydrogen-bond acceptors (Lipinski definition) is 3. The average Bonchev–Trinajstić information content (AvgIpc) is 2.52. The standard InChI is InChI=1S/C17H34N4O2/c1-3-5-11-23-12-7-9-20-17(19-4-2)21-10-6-8-15(14-21)13-16(18)22/h15H,3-14H2,1-2H3,(H2,18,22)(H,19,20). The number of piperidine rings is 1. The van der Waals surface area contributed by atoms with Crippen molar-refractivity contribution >= 4 is 11.9 Å². The minimum absolute atomic E-state index is 0.206. The number of nitrogens with zero attached hydrogens (tertiary/aromatic N) is 2. The molecule has 1 amide bonds. The molecule has 1 saturated heterocycles. The summed E-state index contributed by atoms with van der Waals surface area (Å²) < 4.78 is 5.57. The number of ether oxygens (including phenoxy) is 1. The molecule has 6 heteroatoms. The van der Waals surface area contributed by atoms with E-state index in [0.29, 0.717) is 12.3 Å². The van der Waals surface area contributed by atoms with Gasteiger partial charge in [0.15, 0.2) is 5.96 Å². The van der Waals surface area contributed by atoms with Gasteiger partial charge in [0.1, 0.15) is 0 Å². The number of likely N-dealkylation sites (tertiary alicyclic amines) is 1. The van der Waals surface area contributed by atoms with Crippen molar-refractivity contribution < 1.29 is 9.53 Å². The summed E-state index contributed by atoms with van der Waals surface area (Å²) in [5.74, 6) is 1.10. The van der Waals surface area contributed by atoms with E-state index in [1.807, 2.05) is 0 Å². The van der Waals surface area contributed by atoms with E-state index in [0.717, 1.165) is 71.0 Å². The second-order valence-electron chi connectivity index (χ2n) is 6.18. The van der Waals surface area contributed by atoms with Gasteiger partial charge >= 0.3 is 0 Å². The molecule has 1 rings (SSSR count). The van der Waals surface area contributed by atoms with Gasteiger partial charge in [-0.05, 0) is 38.5 Å². The number of unbranched alkanes of at least 4 members (excludes halogenated alkanes) is 1. The molecule has 1 heterocycles. The molecule has 134 valence electrons. The van der Waals surface area contributed by atoms with Crippen LogP contribution in [0.1, 0.15) is 52.4 Å². The molecule has 0 aromatic rings. The largest absolute Gasteiger partial charge is 0.381 e. The Bertz CT molecular complexity index is 361. The number of nitrogens with one attached hydrogen (secondary N) is 1. The van der Waals surface area contributed by atoms with E-state index in [2.05, 4.69) is 24.1 Å². The number of carbonyl (C=O) groups excluding carboxylic acids is 1. The quantitative estimate of drug-likeness (QED) is 0.364. The maximum Gasteiger partial charge on any atom is 0.217 e. The van der Waals surface area contributed by atoms with Crippen LogP contribution in [0.25, 0.3) is 0 Å². The van der Waals surface area contributed by atoms with Crippen LogP contribution in [0, 0.1) is 5.92 Å². The van der Waals surface area contributed by atoms with Crippen molar-refractivity contribution in [2.45, 2.75) is 52.4 Å². The van der Waals surface area contributed by atoms with E-state index < -0.39 is 0 Å². The van der Waals surface area contributed by atoms with Gasteiger partial charge in [-0.1, -0.05) is 13.3 Å². The smallest absolute Gasteiger partial charge is 0.217 e. The van der Waals surface area contributed by atoms with Crippen LogP contribution in [0.4, 0.5) is 0 Å². The molecular weight excluding hydrogens is 292 g/mol. The monoisotopic (exact) mass is 326 g/mol. The molecule has 0 spiro atoms. The fourth-order valence-electron chi connectivity index (χ4n) is 2.83. The van der Waals surface area contributed by atoms with E-state index >= 15 is 0 Å². The molecule has 0 aromatic carbocycles. The molecule has 0 aliphatic carbocycles. The zero-order valence-electron chi connectivity index (χ0n) is 14.9. The fraction of sp³-hybridized carbons (Fsp3) is 0.882. The first-order valence-corrected chi connectivity index (χ1v) is 9.06. The van der Waals surface area contributed by atoms with Crippen LogP contribution in [-0.4, -0.2) is 56.2 Å². The third-order valence-corrected chi connectivity index (χ3v) is 3.99. The number of carbonyl (C=O) groups is 1. The van der Waals surface area contributed by atoms with E-state index in [1.54, 1.807) is 0 Å². The summed E-state index contributed by atoms with van der Waals surface area (Å²) >= 11 is 0. The minimum Gasteiger partial charge on any atom is -0.381 e. The van der Waals surface area contributed by atoms with Gasteiger partial charge in [0, 0.05) is 45.8 Å². The second kappa shape index (κ2) is 12.2. The number of nitrogens with two attached hydrogens (primary N) is 1. The van der Waals surface area contributed by atoms with Crippen LogP contribution in [-0.2, 0) is 9.53 Å². The van der Waals surface area contributed by atoms with Crippen molar-refractivity contribution in [3.8, 4) is 0 Å². The number of guanidine groups is 1. The summed E-state index contributed by atoms with van der Waals surface area (Å²) in [4.78, 5) is 18.1. The highest BCUT2D eigenvalue weighted by Gasteiger charge is 2.23. The number of rotatable bonds is 10. The highest BCUT2D eigenvalue weighted by Crippen LogP contribution is 2.19. The Labute approximate surface area is 140 Å². The minimum atomic E-state index is -0.206. The van der Waals surface area contributed by atoms with Crippen molar-refractivity contribution in [3.63, 3.8) is 0 Å². The first-order chi connectivity index (χ1) is 11.2. The first-order valence-electron chi connectivity index (χ1n) is 9.06. The van der Waals surface area contributed by atoms with Gasteiger partial charge in [-0.2, -0.15) is 0 Å². The van der Waals surface area contributed by atoms with Gasteiger partial charge in [0.05, 0.1) is 0 Å². The zero-order chi connectivity index (χ0) is 16.9. The fourth-order valence-corrected chi connectivity index (χ4v) is 2.83. The lowest BCUT2D eigenvalue weighted by Gasteiger charge is -2.34. The van der Waals surface area contributed by atoms with Crippen LogP contribution in [0.3, 0.4) is 0 Å². The van der Waals surface area contributed by atoms with Gasteiger partial charge in [0.25, 0.3) is 0 Å². The summed E-state index contributed by atoms with van der Waals surface area (Å²) in [6.45, 7) is 9.34. The molecule has 1 atom stereocenters. The van der Waals surface area contributed by atoms with Crippen LogP contribution in [0.5, 0.6) is 0 Å². The Morgan fingerprint density at radius 3 is 2.83 bits per heavy atom. The molecule has 0 saturated carbocycles. The number of primary amides is 1. The lowest BCUT2D eigenvalue weighted by atomic mass is 9.95. The molecule has 3 N–H and O–H groups in total. The maximum atomic E-state index is 11.1. The van der Waals surface area contributed by atoms with Crippen molar-refractivity contribution in [2.24, 2.45) is 16.6 Å². The predicted molar refractivity (Wildman–Crippen MR) is 94.4 cm³/mol. The SMILES string of the molecule is CCCCOCCCN=C(NCC)N1CCCC(CC(N)=O)C1. The molecule has 0 bridgehead atoms. The normalized spacial score (nSPS) is 19.0. The number of amides is 1. The Kier molecular flexibility index (Phi) is 10.4. The van der Waals surface area contributed by atoms with Crippen molar-refractivity contribution in [2.75, 3.05) is 39.4 Å². The Hall–Kier alpha value is -1.30. The highest BCUT2D eigenvalue weighted by atomic mass is 16.5. The molecule has 1 aliphatic rings. The average molecular weight is 326 g/mol. The third kappa shape index (κ3) is 8.79. The molecule has 23 heavy (non-hydrogen) atoms. The highest BCUT2D eigenvalue weighted by molar-refractivity contribution is 5.80. The van der Waals surface area contributed by atoms with Crippen LogP contribution in [0.2, 0.25) is 0 Å². The summed E-state index contributed by atoms with van der Waals surface area (Å²) in [6, 6.07) is 0. The zero-order valence-corrected chi connectivity index (χ0v) is 14.9. The van der Waals surface area contributed by atoms with Gasteiger partial charge in [0.2, 0.25) is 5.91 Å². The summed E-state index contributed by atoms with van der Waals surface area (Å²) in [5.41, 5.74) is 5.33. The van der Waals surface area contributed by atoms with Crippen molar-refractivity contribution in [1.82, 2.24) is 10.2 Å². The maximum absolute atomic E-state index is 11.1. The second-order valence-corrected chi connectivity index (χ2v) is 6.18. The Morgan fingerprint density at radius 2 is 2.13 bits per heavy atom. The predicted octanol–water partition coefficient (Wildman–Crippen LogP) is 1.75. The van der Waals surface area contributed by atoms with E-state index in [1.165, 1.54) is 6.42 Å². The van der Waals surface area contributed by atoms with Gasteiger partial charge in [-0.15, -0.1) is 0 Å². The molecular formula is C17H34N4O2. The Balaban J connectivity index is 2.39. The summed E-state index contributed by atoms with van der Waals surface area (Å²) in [6.07, 6.45) is 5.87. The van der Waals surface area contributed by atoms with Crippen LogP contribution < -0.4 is 11.1 Å². The first kappa shape index (κ1) is 19.7. The summed E-state index contributed by atoms with van der Waals surface area (Å²) in [5, 5.41) is 3.36. The van der Waals surface area contributed by atoms with E-state index in [4.69, 9.17) is 15.5 Å². The molecule has 0 radical (unpaired) electrons. The molecule has 1 unspecified atom stereocenters. The number of hydrogen-bond donors (Lipinski definition) is 2. The topological polar surface area (TPSA) is 79.9 Å².